The molecule has 0 aliphatic heterocycles. The monoisotopic (exact) mass is 481 g/mol. The lowest BCUT2D eigenvalue weighted by Gasteiger charge is -2.18. The van der Waals surface area contributed by atoms with Gasteiger partial charge in [0.15, 0.2) is 0 Å². The fourth-order valence-corrected chi connectivity index (χ4v) is 2.71. The maximum atomic E-state index is 12.9. The molecule has 2 aromatic rings. The average Bonchev–Trinajstić information content (AvgIpc) is 2.55. The van der Waals surface area contributed by atoms with Crippen LogP contribution in [0.4, 0.5) is 29.3 Å². The van der Waals surface area contributed by atoms with Crippen LogP contribution in [0.25, 0.3) is 0 Å². The van der Waals surface area contributed by atoms with Crippen molar-refractivity contribution in [3.8, 4) is 0 Å². The maximum absolute atomic E-state index is 12.9. The molecular formula is C15H11F3IN3O2S. The van der Waals surface area contributed by atoms with E-state index in [0.717, 1.165) is 10.4 Å². The summed E-state index contributed by atoms with van der Waals surface area (Å²) in [5, 5.41) is 2.33. The first-order valence-corrected chi connectivity index (χ1v) is 8.14. The number of hydrogen-bond donors (Lipinski definition) is 3. The Hall–Kier alpha value is -1.95. The van der Waals surface area contributed by atoms with Gasteiger partial charge in [-0.25, -0.2) is 9.10 Å². The number of nitrogens with two attached hydrogens (primary N) is 1. The standard InChI is InChI=1S/C15H11F3IN3O2S/c16-15(17,18)11-7-9(3-6-12(11)19)21-14(24)22(25)10-4-1-8(2-5-10)13(20)23/h1-7,25H,(H2,20,23)(H,21,24). The second kappa shape index (κ2) is 7.52. The molecular weight excluding hydrogens is 470 g/mol. The number of anilines is 2. The highest BCUT2D eigenvalue weighted by Gasteiger charge is 2.33. The Morgan fingerprint density at radius 2 is 1.72 bits per heavy atom. The van der Waals surface area contributed by atoms with Crippen molar-refractivity contribution < 1.29 is 22.8 Å². The molecule has 2 aromatic carbocycles. The smallest absolute Gasteiger partial charge is 0.366 e. The Balaban J connectivity index is 2.17. The highest BCUT2D eigenvalue weighted by molar-refractivity contribution is 14.1. The van der Waals surface area contributed by atoms with Gasteiger partial charge in [0.2, 0.25) is 5.91 Å². The number of benzene rings is 2. The molecule has 3 amide bonds. The molecule has 0 spiro atoms. The average molecular weight is 481 g/mol. The number of nitrogens with zero attached hydrogens (tertiary/aromatic N) is 1. The molecule has 0 aliphatic rings. The molecule has 3 N–H and O–H groups in total. The topological polar surface area (TPSA) is 75.4 Å². The molecule has 0 saturated carbocycles. The summed E-state index contributed by atoms with van der Waals surface area (Å²) in [6.07, 6.45) is -4.53. The summed E-state index contributed by atoms with van der Waals surface area (Å²) in [7, 11) is 0. The number of thiol groups is 1. The van der Waals surface area contributed by atoms with Gasteiger partial charge in [-0.05, 0) is 65.1 Å². The van der Waals surface area contributed by atoms with Gasteiger partial charge in [-0.3, -0.25) is 4.79 Å². The Kier molecular flexibility index (Phi) is 5.83. The van der Waals surface area contributed by atoms with Crippen LogP contribution in [0.2, 0.25) is 0 Å². The van der Waals surface area contributed by atoms with E-state index in [1.165, 1.54) is 36.4 Å². The van der Waals surface area contributed by atoms with E-state index in [2.05, 4.69) is 18.1 Å². The quantitative estimate of drug-likeness (QED) is 0.452. The van der Waals surface area contributed by atoms with Gasteiger partial charge in [0.25, 0.3) is 0 Å². The van der Waals surface area contributed by atoms with Gasteiger partial charge in [0.05, 0.1) is 11.3 Å². The highest BCUT2D eigenvalue weighted by Crippen LogP contribution is 2.34. The van der Waals surface area contributed by atoms with E-state index in [0.29, 0.717) is 5.69 Å². The molecule has 0 radical (unpaired) electrons. The Morgan fingerprint density at radius 3 is 2.24 bits per heavy atom. The minimum absolute atomic E-state index is 0.0212. The van der Waals surface area contributed by atoms with Crippen molar-refractivity contribution in [3.05, 3.63) is 57.2 Å². The Morgan fingerprint density at radius 1 is 1.12 bits per heavy atom. The third-order valence-corrected chi connectivity index (χ3v) is 4.47. The zero-order valence-corrected chi connectivity index (χ0v) is 15.4. The third kappa shape index (κ3) is 4.78. The number of rotatable bonds is 3. The lowest BCUT2D eigenvalue weighted by atomic mass is 10.2. The Labute approximate surface area is 160 Å². The molecule has 0 aliphatic carbocycles. The van der Waals surface area contributed by atoms with E-state index < -0.39 is 23.7 Å². The lowest BCUT2D eigenvalue weighted by Crippen LogP contribution is -2.27. The molecule has 0 bridgehead atoms. The van der Waals surface area contributed by atoms with Crippen molar-refractivity contribution in [2.45, 2.75) is 6.18 Å². The van der Waals surface area contributed by atoms with Gasteiger partial charge < -0.3 is 11.1 Å². The number of nitrogens with one attached hydrogen (secondary N) is 1. The number of urea groups is 1. The summed E-state index contributed by atoms with van der Waals surface area (Å²) in [4.78, 5) is 23.2. The summed E-state index contributed by atoms with van der Waals surface area (Å²) >= 11 is 5.59. The predicted molar refractivity (Wildman–Crippen MR) is 99.6 cm³/mol. The number of carbonyl (C=O) groups excluding carboxylic acids is 2. The molecule has 132 valence electrons. The van der Waals surface area contributed by atoms with Crippen LogP contribution in [-0.2, 0) is 6.18 Å². The number of halogens is 4. The molecule has 10 heteroatoms. The van der Waals surface area contributed by atoms with Crippen molar-refractivity contribution in [2.24, 2.45) is 5.73 Å². The van der Waals surface area contributed by atoms with Crippen molar-refractivity contribution in [1.29, 1.82) is 0 Å². The fourth-order valence-electron chi connectivity index (χ4n) is 1.88. The van der Waals surface area contributed by atoms with Gasteiger partial charge in [-0.2, -0.15) is 13.2 Å². The first kappa shape index (κ1) is 19.4. The van der Waals surface area contributed by atoms with Crippen LogP contribution in [0.15, 0.2) is 42.5 Å². The van der Waals surface area contributed by atoms with Gasteiger partial charge >= 0.3 is 12.2 Å². The normalized spacial score (nSPS) is 11.1. The van der Waals surface area contributed by atoms with E-state index >= 15 is 0 Å². The number of alkyl halides is 3. The summed E-state index contributed by atoms with van der Waals surface area (Å²) in [5.41, 5.74) is 4.81. The number of amides is 3. The van der Waals surface area contributed by atoms with E-state index in [-0.39, 0.29) is 14.8 Å². The lowest BCUT2D eigenvalue weighted by molar-refractivity contribution is -0.138. The second-order valence-electron chi connectivity index (χ2n) is 4.85. The van der Waals surface area contributed by atoms with Crippen LogP contribution in [0.5, 0.6) is 0 Å². The van der Waals surface area contributed by atoms with E-state index in [4.69, 9.17) is 5.73 Å². The molecule has 25 heavy (non-hydrogen) atoms. The summed E-state index contributed by atoms with van der Waals surface area (Å²) in [6.45, 7) is 0. The number of carbonyl (C=O) groups is 2. The third-order valence-electron chi connectivity index (χ3n) is 3.11. The minimum atomic E-state index is -4.53. The SMILES string of the molecule is NC(=O)c1ccc(N(S)C(=O)Nc2ccc(I)c(C(F)(F)F)c2)cc1. The van der Waals surface area contributed by atoms with Crippen LogP contribution in [0.1, 0.15) is 15.9 Å². The van der Waals surface area contributed by atoms with Crippen LogP contribution >= 0.6 is 35.4 Å². The zero-order valence-electron chi connectivity index (χ0n) is 12.3. The number of primary amides is 1. The largest absolute Gasteiger partial charge is 0.417 e. The molecule has 0 unspecified atom stereocenters. The van der Waals surface area contributed by atoms with Crippen LogP contribution in [-0.4, -0.2) is 11.9 Å². The first-order valence-electron chi connectivity index (χ1n) is 6.66. The molecule has 0 fully saturated rings. The van der Waals surface area contributed by atoms with Crippen LogP contribution < -0.4 is 15.4 Å². The number of hydrogen-bond acceptors (Lipinski definition) is 3. The van der Waals surface area contributed by atoms with E-state index in [9.17, 15) is 22.8 Å². The summed E-state index contributed by atoms with van der Waals surface area (Å²) in [5.74, 6) is -0.625. The summed E-state index contributed by atoms with van der Waals surface area (Å²) < 4.78 is 39.7. The van der Waals surface area contributed by atoms with Crippen molar-refractivity contribution in [3.63, 3.8) is 0 Å². The maximum Gasteiger partial charge on any atom is 0.417 e. The Bertz CT molecular complexity index is 813. The molecule has 2 rings (SSSR count). The highest BCUT2D eigenvalue weighted by atomic mass is 127. The molecule has 0 aromatic heterocycles. The van der Waals surface area contributed by atoms with Crippen molar-refractivity contribution in [1.82, 2.24) is 0 Å². The molecule has 0 saturated heterocycles. The van der Waals surface area contributed by atoms with Crippen molar-refractivity contribution in [2.75, 3.05) is 9.62 Å². The second-order valence-corrected chi connectivity index (χ2v) is 6.41. The summed E-state index contributed by atoms with van der Waals surface area (Å²) in [6, 6.07) is 8.36. The van der Waals surface area contributed by atoms with Gasteiger partial charge in [0.1, 0.15) is 0 Å². The van der Waals surface area contributed by atoms with Crippen LogP contribution in [0.3, 0.4) is 0 Å². The zero-order chi connectivity index (χ0) is 18.8. The van der Waals surface area contributed by atoms with Crippen LogP contribution in [0, 0.1) is 3.57 Å². The van der Waals surface area contributed by atoms with E-state index in [1.54, 1.807) is 22.6 Å². The van der Waals surface area contributed by atoms with E-state index in [1.807, 2.05) is 0 Å². The van der Waals surface area contributed by atoms with Gasteiger partial charge in [0, 0.05) is 14.8 Å². The van der Waals surface area contributed by atoms with Gasteiger partial charge in [-0.1, -0.05) is 12.8 Å². The molecule has 0 heterocycles. The molecule has 5 nitrogen and oxygen atoms in total. The first-order chi connectivity index (χ1) is 11.6. The minimum Gasteiger partial charge on any atom is -0.366 e. The fraction of sp³-hybridized carbons (Fsp3) is 0.0667. The predicted octanol–water partition coefficient (Wildman–Crippen LogP) is 4.29. The molecule has 0 atom stereocenters. The van der Waals surface area contributed by atoms with Crippen molar-refractivity contribution >= 4 is 58.7 Å². The van der Waals surface area contributed by atoms with Gasteiger partial charge in [-0.15, -0.1) is 0 Å².